The third kappa shape index (κ3) is 3.94. The Kier molecular flexibility index (Phi) is 5.46. The summed E-state index contributed by atoms with van der Waals surface area (Å²) in [6.07, 6.45) is 4.33. The molecule has 1 aromatic heterocycles. The van der Waals surface area contributed by atoms with Crippen LogP contribution in [0.3, 0.4) is 0 Å². The van der Waals surface area contributed by atoms with Crippen LogP contribution in [0.4, 0.5) is 5.88 Å². The summed E-state index contributed by atoms with van der Waals surface area (Å²) < 4.78 is 33.1. The minimum Gasteiger partial charge on any atom is -0.419 e. The lowest BCUT2D eigenvalue weighted by Gasteiger charge is -2.20. The first-order valence-corrected chi connectivity index (χ1v) is 11.6. The van der Waals surface area contributed by atoms with Crippen molar-refractivity contribution >= 4 is 15.7 Å². The van der Waals surface area contributed by atoms with E-state index < -0.39 is 9.84 Å². The Morgan fingerprint density at radius 3 is 2.21 bits per heavy atom. The summed E-state index contributed by atoms with van der Waals surface area (Å²) in [5.74, 6) is 0.721. The van der Waals surface area contributed by atoms with E-state index in [4.69, 9.17) is 4.42 Å². The summed E-state index contributed by atoms with van der Waals surface area (Å²) in [6, 6.07) is 14.6. The predicted octanol–water partition coefficient (Wildman–Crippen LogP) is 5.17. The fraction of sp³-hybridized carbons (Fsp3) is 0.348. The minimum absolute atomic E-state index is 0.0153. The summed E-state index contributed by atoms with van der Waals surface area (Å²) >= 11 is 0. The third-order valence-corrected chi connectivity index (χ3v) is 7.10. The van der Waals surface area contributed by atoms with Crippen LogP contribution >= 0.6 is 0 Å². The van der Waals surface area contributed by atoms with Gasteiger partial charge in [-0.1, -0.05) is 48.7 Å². The number of rotatable bonds is 4. The van der Waals surface area contributed by atoms with Crippen molar-refractivity contribution in [3.8, 4) is 11.5 Å². The molecule has 1 saturated heterocycles. The smallest absolute Gasteiger partial charge is 0.236 e. The molecule has 1 aliphatic heterocycles. The monoisotopic (exact) mass is 410 g/mol. The average Bonchev–Trinajstić information content (AvgIpc) is 2.98. The summed E-state index contributed by atoms with van der Waals surface area (Å²) in [4.78, 5) is 6.81. The van der Waals surface area contributed by atoms with Gasteiger partial charge in [-0.05, 0) is 50.5 Å². The van der Waals surface area contributed by atoms with Crippen LogP contribution in [0.2, 0.25) is 0 Å². The molecule has 29 heavy (non-hydrogen) atoms. The zero-order chi connectivity index (χ0) is 20.4. The van der Waals surface area contributed by atoms with E-state index in [2.05, 4.69) is 4.98 Å². The molecule has 5 nitrogen and oxygen atoms in total. The van der Waals surface area contributed by atoms with Crippen molar-refractivity contribution < 1.29 is 12.8 Å². The molecule has 2 aromatic carbocycles. The highest BCUT2D eigenvalue weighted by atomic mass is 32.2. The Morgan fingerprint density at radius 2 is 1.55 bits per heavy atom. The molecule has 0 spiro atoms. The lowest BCUT2D eigenvalue weighted by molar-refractivity contribution is 0.543. The van der Waals surface area contributed by atoms with Gasteiger partial charge in [0.1, 0.15) is 0 Å². The fourth-order valence-corrected chi connectivity index (χ4v) is 5.03. The van der Waals surface area contributed by atoms with Crippen molar-refractivity contribution in [1.29, 1.82) is 0 Å². The van der Waals surface area contributed by atoms with Gasteiger partial charge in [-0.3, -0.25) is 0 Å². The topological polar surface area (TPSA) is 63.4 Å². The number of anilines is 1. The second kappa shape index (κ2) is 8.03. The molecular formula is C23H26N2O3S. The third-order valence-electron chi connectivity index (χ3n) is 5.43. The number of sulfone groups is 1. The van der Waals surface area contributed by atoms with Gasteiger partial charge >= 0.3 is 0 Å². The Balaban J connectivity index is 1.86. The molecule has 152 valence electrons. The van der Waals surface area contributed by atoms with Gasteiger partial charge in [0.2, 0.25) is 26.6 Å². The van der Waals surface area contributed by atoms with Crippen molar-refractivity contribution in [1.82, 2.24) is 4.98 Å². The molecule has 0 unspecified atom stereocenters. The molecular weight excluding hydrogens is 384 g/mol. The van der Waals surface area contributed by atoms with Crippen LogP contribution in [0.25, 0.3) is 11.5 Å². The molecule has 1 aliphatic rings. The molecule has 1 fully saturated rings. The van der Waals surface area contributed by atoms with E-state index in [0.717, 1.165) is 55.5 Å². The molecule has 0 saturated carbocycles. The van der Waals surface area contributed by atoms with Crippen molar-refractivity contribution in [3.63, 3.8) is 0 Å². The van der Waals surface area contributed by atoms with E-state index >= 15 is 0 Å². The van der Waals surface area contributed by atoms with Gasteiger partial charge in [-0.15, -0.1) is 0 Å². The van der Waals surface area contributed by atoms with Crippen LogP contribution in [0.1, 0.15) is 36.8 Å². The van der Waals surface area contributed by atoms with Gasteiger partial charge in [-0.2, -0.15) is 4.98 Å². The molecule has 0 atom stereocenters. The largest absolute Gasteiger partial charge is 0.419 e. The standard InChI is InChI=1S/C23H26N2O3S/c1-17-11-13-19(14-12-17)29(26,27)22-23(25-15-7-3-4-8-16-25)28-21(24-22)20-10-6-5-9-18(20)2/h5-6,9-14H,3-4,7-8,15-16H2,1-2H3. The first kappa shape index (κ1) is 19.7. The zero-order valence-electron chi connectivity index (χ0n) is 16.9. The molecule has 3 aromatic rings. The van der Waals surface area contributed by atoms with E-state index in [1.54, 1.807) is 24.3 Å². The summed E-state index contributed by atoms with van der Waals surface area (Å²) in [5.41, 5.74) is 2.82. The first-order valence-electron chi connectivity index (χ1n) is 10.1. The quantitative estimate of drug-likeness (QED) is 0.594. The number of hydrogen-bond donors (Lipinski definition) is 0. The summed E-state index contributed by atoms with van der Waals surface area (Å²) in [5, 5.41) is 0.0153. The second-order valence-electron chi connectivity index (χ2n) is 7.66. The Bertz CT molecular complexity index is 1090. The lowest BCUT2D eigenvalue weighted by Crippen LogP contribution is -2.25. The Morgan fingerprint density at radius 1 is 0.897 bits per heavy atom. The summed E-state index contributed by atoms with van der Waals surface area (Å²) in [7, 11) is -3.79. The number of aryl methyl sites for hydroxylation is 2. The number of aromatic nitrogens is 1. The van der Waals surface area contributed by atoms with Crippen molar-refractivity contribution in [2.24, 2.45) is 0 Å². The summed E-state index contributed by atoms with van der Waals surface area (Å²) in [6.45, 7) is 5.46. The van der Waals surface area contributed by atoms with Crippen molar-refractivity contribution in [2.45, 2.75) is 49.5 Å². The second-order valence-corrected chi connectivity index (χ2v) is 9.53. The van der Waals surface area contributed by atoms with E-state index in [1.165, 1.54) is 0 Å². The number of benzene rings is 2. The van der Waals surface area contributed by atoms with Crippen LogP contribution in [-0.4, -0.2) is 26.5 Å². The highest BCUT2D eigenvalue weighted by Gasteiger charge is 2.31. The minimum atomic E-state index is -3.79. The Labute approximate surface area is 172 Å². The maximum Gasteiger partial charge on any atom is 0.236 e. The van der Waals surface area contributed by atoms with Crippen LogP contribution in [0, 0.1) is 13.8 Å². The van der Waals surface area contributed by atoms with Gasteiger partial charge in [0.05, 0.1) is 4.90 Å². The fourth-order valence-electron chi connectivity index (χ4n) is 3.70. The highest BCUT2D eigenvalue weighted by Crippen LogP contribution is 2.36. The Hall–Kier alpha value is -2.60. The van der Waals surface area contributed by atoms with Crippen LogP contribution in [-0.2, 0) is 9.84 Å². The SMILES string of the molecule is Cc1ccc(S(=O)(=O)c2nc(-c3ccccc3C)oc2N2CCCCCC2)cc1. The van der Waals surface area contributed by atoms with Gasteiger partial charge < -0.3 is 9.32 Å². The predicted molar refractivity (Wildman–Crippen MR) is 114 cm³/mol. The molecule has 6 heteroatoms. The van der Waals surface area contributed by atoms with Gasteiger partial charge in [0.15, 0.2) is 0 Å². The normalized spacial score (nSPS) is 15.3. The molecule has 2 heterocycles. The molecule has 0 aliphatic carbocycles. The zero-order valence-corrected chi connectivity index (χ0v) is 17.7. The maximum absolute atomic E-state index is 13.5. The molecule has 0 radical (unpaired) electrons. The first-order chi connectivity index (χ1) is 14.0. The number of nitrogens with zero attached hydrogens (tertiary/aromatic N) is 2. The van der Waals surface area contributed by atoms with Crippen LogP contribution < -0.4 is 4.90 Å². The number of oxazole rings is 1. The number of hydrogen-bond acceptors (Lipinski definition) is 5. The van der Waals surface area contributed by atoms with Crippen molar-refractivity contribution in [3.05, 3.63) is 59.7 Å². The van der Waals surface area contributed by atoms with E-state index in [-0.39, 0.29) is 9.92 Å². The van der Waals surface area contributed by atoms with Gasteiger partial charge in [0.25, 0.3) is 0 Å². The van der Waals surface area contributed by atoms with E-state index in [1.807, 2.05) is 43.0 Å². The molecule has 0 bridgehead atoms. The molecule has 0 N–H and O–H groups in total. The van der Waals surface area contributed by atoms with Gasteiger partial charge in [0, 0.05) is 18.7 Å². The van der Waals surface area contributed by atoms with Gasteiger partial charge in [-0.25, -0.2) is 8.42 Å². The van der Waals surface area contributed by atoms with E-state index in [0.29, 0.717) is 11.8 Å². The van der Waals surface area contributed by atoms with Crippen LogP contribution in [0.5, 0.6) is 0 Å². The molecule has 4 rings (SSSR count). The van der Waals surface area contributed by atoms with Crippen LogP contribution in [0.15, 0.2) is 62.9 Å². The highest BCUT2D eigenvalue weighted by molar-refractivity contribution is 7.91. The average molecular weight is 411 g/mol. The van der Waals surface area contributed by atoms with Crippen molar-refractivity contribution in [2.75, 3.05) is 18.0 Å². The molecule has 0 amide bonds. The lowest BCUT2D eigenvalue weighted by atomic mass is 10.1. The maximum atomic E-state index is 13.5. The van der Waals surface area contributed by atoms with E-state index in [9.17, 15) is 8.42 Å².